The highest BCUT2D eigenvalue weighted by Crippen LogP contribution is 2.30. The highest BCUT2D eigenvalue weighted by Gasteiger charge is 2.34. The van der Waals surface area contributed by atoms with Crippen molar-refractivity contribution in [2.24, 2.45) is 0 Å². The molecule has 9 heteroatoms. The van der Waals surface area contributed by atoms with Gasteiger partial charge in [-0.3, -0.25) is 4.90 Å². The van der Waals surface area contributed by atoms with Gasteiger partial charge in [-0.1, -0.05) is 6.07 Å². The second-order valence-electron chi connectivity index (χ2n) is 8.48. The minimum Gasteiger partial charge on any atom is -0.378 e. The SMILES string of the molecule is Cc1cc(Nc2ncn(-c3cc(F)cc(F)c3)n2)cc(C2CN(C3COC3)CC(C)O2)c1.[HH]. The predicted octanol–water partition coefficient (Wildman–Crippen LogP) is 4.00. The predicted molar refractivity (Wildman–Crippen MR) is 117 cm³/mol. The summed E-state index contributed by atoms with van der Waals surface area (Å²) in [6, 6.07) is 9.85. The van der Waals surface area contributed by atoms with Gasteiger partial charge >= 0.3 is 0 Å². The van der Waals surface area contributed by atoms with Crippen molar-refractivity contribution in [2.45, 2.75) is 32.1 Å². The maximum atomic E-state index is 13.5. The van der Waals surface area contributed by atoms with Gasteiger partial charge in [0.15, 0.2) is 0 Å². The number of hydrogen-bond donors (Lipinski definition) is 1. The fraction of sp³-hybridized carbons (Fsp3) is 0.391. The van der Waals surface area contributed by atoms with E-state index in [1.807, 2.05) is 19.1 Å². The first kappa shape index (κ1) is 21.0. The molecule has 2 unspecified atom stereocenters. The van der Waals surface area contributed by atoms with Crippen molar-refractivity contribution in [1.82, 2.24) is 19.7 Å². The third kappa shape index (κ3) is 4.50. The number of halogens is 2. The zero-order valence-corrected chi connectivity index (χ0v) is 18.0. The van der Waals surface area contributed by atoms with Crippen LogP contribution < -0.4 is 5.32 Å². The molecule has 5 rings (SSSR count). The lowest BCUT2D eigenvalue weighted by atomic mass is 10.0. The molecule has 170 valence electrons. The molecule has 1 N–H and O–H groups in total. The molecule has 0 spiro atoms. The summed E-state index contributed by atoms with van der Waals surface area (Å²) >= 11 is 0. The van der Waals surface area contributed by atoms with Gasteiger partial charge in [-0.2, -0.15) is 4.98 Å². The topological polar surface area (TPSA) is 64.4 Å². The zero-order valence-electron chi connectivity index (χ0n) is 18.0. The van der Waals surface area contributed by atoms with E-state index in [4.69, 9.17) is 9.47 Å². The number of ether oxygens (including phenoxy) is 2. The lowest BCUT2D eigenvalue weighted by Crippen LogP contribution is -2.55. The molecule has 7 nitrogen and oxygen atoms in total. The van der Waals surface area contributed by atoms with Crippen molar-refractivity contribution in [2.75, 3.05) is 31.6 Å². The molecule has 2 saturated heterocycles. The van der Waals surface area contributed by atoms with E-state index in [0.29, 0.717) is 12.0 Å². The molecule has 0 amide bonds. The van der Waals surface area contributed by atoms with Crippen LogP contribution in [0.2, 0.25) is 0 Å². The van der Waals surface area contributed by atoms with Gasteiger partial charge in [0.2, 0.25) is 5.95 Å². The number of aryl methyl sites for hydroxylation is 1. The van der Waals surface area contributed by atoms with Gasteiger partial charge in [-0.25, -0.2) is 13.5 Å². The molecular weight excluding hydrogens is 416 g/mol. The number of hydrogen-bond acceptors (Lipinski definition) is 6. The van der Waals surface area contributed by atoms with Crippen molar-refractivity contribution >= 4 is 11.6 Å². The largest absolute Gasteiger partial charge is 0.378 e. The average molecular weight is 443 g/mol. The molecule has 0 aliphatic carbocycles. The van der Waals surface area contributed by atoms with Gasteiger partial charge in [-0.05, 0) is 49.2 Å². The Bertz CT molecular complexity index is 1100. The smallest absolute Gasteiger partial charge is 0.246 e. The van der Waals surface area contributed by atoms with Crippen LogP contribution >= 0.6 is 0 Å². The third-order valence-electron chi connectivity index (χ3n) is 5.76. The first-order valence-corrected chi connectivity index (χ1v) is 10.7. The maximum Gasteiger partial charge on any atom is 0.246 e. The van der Waals surface area contributed by atoms with Gasteiger partial charge in [0, 0.05) is 26.3 Å². The molecule has 1 aromatic heterocycles. The second kappa shape index (κ2) is 8.57. The average Bonchev–Trinajstić information content (AvgIpc) is 3.13. The molecule has 0 radical (unpaired) electrons. The van der Waals surface area contributed by atoms with Crippen molar-refractivity contribution < 1.29 is 19.7 Å². The zero-order chi connectivity index (χ0) is 22.2. The lowest BCUT2D eigenvalue weighted by molar-refractivity contribution is -0.138. The number of morpholine rings is 1. The van der Waals surface area contributed by atoms with Crippen molar-refractivity contribution in [1.29, 1.82) is 0 Å². The van der Waals surface area contributed by atoms with Crippen LogP contribution in [0.15, 0.2) is 42.7 Å². The van der Waals surface area contributed by atoms with Crippen molar-refractivity contribution in [3.63, 3.8) is 0 Å². The summed E-state index contributed by atoms with van der Waals surface area (Å²) in [7, 11) is 0. The Morgan fingerprint density at radius 1 is 1.06 bits per heavy atom. The molecule has 3 heterocycles. The van der Waals surface area contributed by atoms with E-state index in [1.54, 1.807) is 0 Å². The fourth-order valence-corrected chi connectivity index (χ4v) is 4.22. The Balaban J connectivity index is 0.00000259. The van der Waals surface area contributed by atoms with Crippen molar-refractivity contribution in [3.8, 4) is 5.69 Å². The van der Waals surface area contributed by atoms with E-state index < -0.39 is 11.6 Å². The van der Waals surface area contributed by atoms with E-state index in [2.05, 4.69) is 33.3 Å². The van der Waals surface area contributed by atoms with E-state index >= 15 is 0 Å². The van der Waals surface area contributed by atoms with Gasteiger partial charge in [0.1, 0.15) is 18.0 Å². The number of nitrogens with zero attached hydrogens (tertiary/aromatic N) is 4. The van der Waals surface area contributed by atoms with Crippen LogP contribution in [0.3, 0.4) is 0 Å². The summed E-state index contributed by atoms with van der Waals surface area (Å²) in [5, 5.41) is 7.50. The van der Waals surface area contributed by atoms with Crippen molar-refractivity contribution in [3.05, 3.63) is 65.5 Å². The number of anilines is 2. The summed E-state index contributed by atoms with van der Waals surface area (Å²) in [4.78, 5) is 6.67. The van der Waals surface area contributed by atoms with Crippen LogP contribution in [0.25, 0.3) is 5.69 Å². The Labute approximate surface area is 186 Å². The molecule has 0 bridgehead atoms. The fourth-order valence-electron chi connectivity index (χ4n) is 4.22. The van der Waals surface area contributed by atoms with E-state index in [1.165, 1.54) is 23.1 Å². The van der Waals surface area contributed by atoms with Gasteiger partial charge in [0.05, 0.1) is 37.2 Å². The van der Waals surface area contributed by atoms with E-state index in [-0.39, 0.29) is 19.3 Å². The summed E-state index contributed by atoms with van der Waals surface area (Å²) in [6.07, 6.45) is 1.51. The molecule has 2 aliphatic rings. The Kier molecular flexibility index (Phi) is 5.62. The Morgan fingerprint density at radius 3 is 2.56 bits per heavy atom. The minimum atomic E-state index is -0.669. The standard InChI is InChI=1S/C23H25F2N5O2.H2/c1-14-3-16(22-10-29(9-15(2)32-22)21-11-31-12-21)5-19(4-14)27-23-26-13-30(28-23)20-7-17(24)6-18(25)8-20;/h3-8,13,15,21-22H,9-12H2,1-2H3,(H,27,28);1H. The highest BCUT2D eigenvalue weighted by molar-refractivity contribution is 5.56. The quantitative estimate of drug-likeness (QED) is 0.643. The van der Waals surface area contributed by atoms with Crippen LogP contribution in [-0.2, 0) is 9.47 Å². The molecular formula is C23H27F2N5O2. The number of nitrogens with one attached hydrogen (secondary N) is 1. The van der Waals surface area contributed by atoms with Crippen LogP contribution in [0.5, 0.6) is 0 Å². The first-order chi connectivity index (χ1) is 15.4. The summed E-state index contributed by atoms with van der Waals surface area (Å²) in [6.45, 7) is 7.41. The highest BCUT2D eigenvalue weighted by atomic mass is 19.1. The normalized spacial score (nSPS) is 22.0. The lowest BCUT2D eigenvalue weighted by Gasteiger charge is -2.44. The van der Waals surface area contributed by atoms with Gasteiger partial charge in [0.25, 0.3) is 0 Å². The van der Waals surface area contributed by atoms with Crippen LogP contribution in [0.4, 0.5) is 20.4 Å². The third-order valence-corrected chi connectivity index (χ3v) is 5.76. The van der Waals surface area contributed by atoms with Gasteiger partial charge < -0.3 is 14.8 Å². The summed E-state index contributed by atoms with van der Waals surface area (Å²) < 4.78 is 40.0. The van der Waals surface area contributed by atoms with Crippen LogP contribution in [0, 0.1) is 18.6 Å². The van der Waals surface area contributed by atoms with E-state index in [0.717, 1.165) is 49.2 Å². The van der Waals surface area contributed by atoms with Crippen LogP contribution in [0.1, 0.15) is 25.6 Å². The minimum absolute atomic E-state index is 0. The number of rotatable bonds is 5. The molecule has 2 fully saturated rings. The Hall–Kier alpha value is -2.88. The monoisotopic (exact) mass is 443 g/mol. The number of benzene rings is 2. The summed E-state index contributed by atoms with van der Waals surface area (Å²) in [5.41, 5.74) is 3.24. The second-order valence-corrected chi connectivity index (χ2v) is 8.48. The molecule has 32 heavy (non-hydrogen) atoms. The first-order valence-electron chi connectivity index (χ1n) is 10.7. The Morgan fingerprint density at radius 2 is 1.84 bits per heavy atom. The van der Waals surface area contributed by atoms with Gasteiger partial charge in [-0.15, -0.1) is 5.10 Å². The molecule has 2 atom stereocenters. The summed E-state index contributed by atoms with van der Waals surface area (Å²) in [5.74, 6) is -1.01. The molecule has 3 aromatic rings. The maximum absolute atomic E-state index is 13.5. The van der Waals surface area contributed by atoms with E-state index in [9.17, 15) is 8.78 Å². The van der Waals surface area contributed by atoms with Crippen LogP contribution in [-0.4, -0.2) is 58.1 Å². The number of aromatic nitrogens is 3. The molecule has 2 aromatic carbocycles. The molecule has 2 aliphatic heterocycles. The molecule has 0 saturated carbocycles.